The summed E-state index contributed by atoms with van der Waals surface area (Å²) in [4.78, 5) is 0. The van der Waals surface area contributed by atoms with Gasteiger partial charge in [-0.3, -0.25) is 0 Å². The van der Waals surface area contributed by atoms with E-state index in [1.807, 2.05) is 6.92 Å². The Labute approximate surface area is 106 Å². The van der Waals surface area contributed by atoms with Crippen molar-refractivity contribution in [2.45, 2.75) is 64.2 Å². The molecule has 1 fully saturated rings. The first-order valence-electron chi connectivity index (χ1n) is 6.92. The van der Waals surface area contributed by atoms with Gasteiger partial charge in [0.1, 0.15) is 0 Å². The van der Waals surface area contributed by atoms with Gasteiger partial charge in [-0.1, -0.05) is 40.0 Å². The van der Waals surface area contributed by atoms with E-state index >= 15 is 0 Å². The van der Waals surface area contributed by atoms with Crippen LogP contribution in [0.15, 0.2) is 0 Å². The average molecular weight is 261 g/mol. The van der Waals surface area contributed by atoms with Gasteiger partial charge < -0.3 is 5.32 Å². The molecular formula is C13H27NO2S. The van der Waals surface area contributed by atoms with Crippen LogP contribution in [0.5, 0.6) is 0 Å². The van der Waals surface area contributed by atoms with Gasteiger partial charge in [0.25, 0.3) is 0 Å². The highest BCUT2D eigenvalue weighted by Crippen LogP contribution is 2.25. The number of hydrogen-bond donors (Lipinski definition) is 1. The molecule has 3 nitrogen and oxygen atoms in total. The average Bonchev–Trinajstić information content (AvgIpc) is 2.29. The van der Waals surface area contributed by atoms with Crippen LogP contribution in [0.4, 0.5) is 0 Å². The second-order valence-electron chi connectivity index (χ2n) is 5.50. The molecule has 0 aliphatic heterocycles. The van der Waals surface area contributed by atoms with Gasteiger partial charge in [-0.2, -0.15) is 0 Å². The number of hydrogen-bond acceptors (Lipinski definition) is 3. The monoisotopic (exact) mass is 261 g/mol. The summed E-state index contributed by atoms with van der Waals surface area (Å²) in [5, 5.41) is 3.23. The van der Waals surface area contributed by atoms with Crippen molar-refractivity contribution in [1.82, 2.24) is 5.32 Å². The van der Waals surface area contributed by atoms with Crippen LogP contribution in [-0.4, -0.2) is 32.0 Å². The summed E-state index contributed by atoms with van der Waals surface area (Å²) >= 11 is 0. The summed E-state index contributed by atoms with van der Waals surface area (Å²) < 4.78 is 24.7. The molecule has 1 aliphatic rings. The van der Waals surface area contributed by atoms with E-state index in [2.05, 4.69) is 19.2 Å². The summed E-state index contributed by atoms with van der Waals surface area (Å²) in [6.45, 7) is 7.04. The van der Waals surface area contributed by atoms with Gasteiger partial charge in [0.05, 0.1) is 11.0 Å². The first-order valence-corrected chi connectivity index (χ1v) is 8.64. The zero-order valence-electron chi connectivity index (χ0n) is 11.4. The maximum Gasteiger partial charge on any atom is 0.154 e. The lowest BCUT2D eigenvalue weighted by atomic mass is 10.0. The molecule has 102 valence electrons. The Morgan fingerprint density at radius 1 is 1.18 bits per heavy atom. The fourth-order valence-electron chi connectivity index (χ4n) is 2.56. The molecule has 17 heavy (non-hydrogen) atoms. The van der Waals surface area contributed by atoms with E-state index in [9.17, 15) is 8.42 Å². The highest BCUT2D eigenvalue weighted by Gasteiger charge is 2.30. The first kappa shape index (κ1) is 15.0. The lowest BCUT2D eigenvalue weighted by Gasteiger charge is -2.27. The van der Waals surface area contributed by atoms with Crippen molar-refractivity contribution in [3.63, 3.8) is 0 Å². The SMILES string of the molecule is CCNC(CS(=O)(=O)C1CCCCC1)C(C)C. The fourth-order valence-corrected chi connectivity index (χ4v) is 4.89. The molecule has 1 atom stereocenters. The molecule has 4 heteroatoms. The number of nitrogens with one attached hydrogen (secondary N) is 1. The molecule has 1 unspecified atom stereocenters. The van der Waals surface area contributed by atoms with Crippen molar-refractivity contribution in [3.8, 4) is 0 Å². The maximum absolute atomic E-state index is 12.3. The molecule has 0 aromatic carbocycles. The van der Waals surface area contributed by atoms with Crippen molar-refractivity contribution in [3.05, 3.63) is 0 Å². The van der Waals surface area contributed by atoms with E-state index in [-0.39, 0.29) is 11.3 Å². The van der Waals surface area contributed by atoms with E-state index in [0.717, 1.165) is 32.2 Å². The van der Waals surface area contributed by atoms with Gasteiger partial charge in [0.2, 0.25) is 0 Å². The molecule has 0 aromatic heterocycles. The quantitative estimate of drug-likeness (QED) is 0.798. The van der Waals surface area contributed by atoms with Crippen molar-refractivity contribution < 1.29 is 8.42 Å². The Morgan fingerprint density at radius 2 is 1.76 bits per heavy atom. The summed E-state index contributed by atoms with van der Waals surface area (Å²) in [5.41, 5.74) is 0. The molecule has 1 N–H and O–H groups in total. The van der Waals surface area contributed by atoms with Gasteiger partial charge in [0, 0.05) is 6.04 Å². The molecule has 0 bridgehead atoms. The lowest BCUT2D eigenvalue weighted by molar-refractivity contribution is 0.426. The van der Waals surface area contributed by atoms with Crippen molar-refractivity contribution >= 4 is 9.84 Å². The fraction of sp³-hybridized carbons (Fsp3) is 1.00. The smallest absolute Gasteiger partial charge is 0.154 e. The van der Waals surface area contributed by atoms with Crippen LogP contribution in [0, 0.1) is 5.92 Å². The van der Waals surface area contributed by atoms with Gasteiger partial charge in [-0.15, -0.1) is 0 Å². The molecule has 0 spiro atoms. The largest absolute Gasteiger partial charge is 0.313 e. The van der Waals surface area contributed by atoms with Gasteiger partial charge >= 0.3 is 0 Å². The maximum atomic E-state index is 12.3. The second-order valence-corrected chi connectivity index (χ2v) is 7.82. The van der Waals surface area contributed by atoms with Crippen LogP contribution in [0.1, 0.15) is 52.9 Å². The summed E-state index contributed by atoms with van der Waals surface area (Å²) in [5.74, 6) is 0.678. The van der Waals surface area contributed by atoms with Crippen LogP contribution < -0.4 is 5.32 Å². The Kier molecular flexibility index (Phi) is 5.93. The van der Waals surface area contributed by atoms with Crippen LogP contribution in [0.25, 0.3) is 0 Å². The molecule has 0 amide bonds. The minimum absolute atomic E-state index is 0.0730. The van der Waals surface area contributed by atoms with E-state index in [4.69, 9.17) is 0 Å². The summed E-state index contributed by atoms with van der Waals surface area (Å²) in [6, 6.07) is 0.104. The van der Waals surface area contributed by atoms with E-state index in [0.29, 0.717) is 11.7 Å². The normalized spacial score (nSPS) is 20.7. The third-order valence-corrected chi connectivity index (χ3v) is 6.05. The molecule has 0 radical (unpaired) electrons. The van der Waals surface area contributed by atoms with Crippen molar-refractivity contribution in [2.75, 3.05) is 12.3 Å². The van der Waals surface area contributed by atoms with E-state index in [1.165, 1.54) is 6.42 Å². The second kappa shape index (κ2) is 6.74. The first-order chi connectivity index (χ1) is 7.97. The third kappa shape index (κ3) is 4.59. The molecule has 1 aliphatic carbocycles. The zero-order valence-corrected chi connectivity index (χ0v) is 12.2. The highest BCUT2D eigenvalue weighted by molar-refractivity contribution is 7.92. The van der Waals surface area contributed by atoms with Gasteiger partial charge in [0.15, 0.2) is 9.84 Å². The summed E-state index contributed by atoms with van der Waals surface area (Å²) in [7, 11) is -2.91. The molecule has 0 aromatic rings. The number of sulfone groups is 1. The van der Waals surface area contributed by atoms with Crippen molar-refractivity contribution in [2.24, 2.45) is 5.92 Å². The summed E-state index contributed by atoms with van der Waals surface area (Å²) in [6.07, 6.45) is 5.11. The zero-order chi connectivity index (χ0) is 12.9. The molecule has 1 saturated carbocycles. The molecule has 0 heterocycles. The molecular weight excluding hydrogens is 234 g/mol. The predicted octanol–water partition coefficient (Wildman–Crippen LogP) is 2.37. The Bertz CT molecular complexity index is 305. The Balaban J connectivity index is 2.62. The number of rotatable bonds is 6. The van der Waals surface area contributed by atoms with Crippen molar-refractivity contribution in [1.29, 1.82) is 0 Å². The van der Waals surface area contributed by atoms with Crippen LogP contribution in [0.3, 0.4) is 0 Å². The van der Waals surface area contributed by atoms with Gasteiger partial charge in [-0.05, 0) is 25.3 Å². The molecule has 1 rings (SSSR count). The third-order valence-electron chi connectivity index (χ3n) is 3.74. The minimum Gasteiger partial charge on any atom is -0.313 e. The minimum atomic E-state index is -2.91. The highest BCUT2D eigenvalue weighted by atomic mass is 32.2. The standard InChI is InChI=1S/C13H27NO2S/c1-4-14-13(11(2)3)10-17(15,16)12-8-6-5-7-9-12/h11-14H,4-10H2,1-3H3. The topological polar surface area (TPSA) is 46.2 Å². The van der Waals surface area contributed by atoms with E-state index < -0.39 is 9.84 Å². The predicted molar refractivity (Wildman–Crippen MR) is 73.0 cm³/mol. The Hall–Kier alpha value is -0.0900. The molecule has 0 saturated heterocycles. The van der Waals surface area contributed by atoms with Crippen LogP contribution in [0.2, 0.25) is 0 Å². The van der Waals surface area contributed by atoms with Crippen LogP contribution in [-0.2, 0) is 9.84 Å². The lowest BCUT2D eigenvalue weighted by Crippen LogP contribution is -2.42. The van der Waals surface area contributed by atoms with E-state index in [1.54, 1.807) is 0 Å². The Morgan fingerprint density at radius 3 is 2.24 bits per heavy atom. The van der Waals surface area contributed by atoms with Gasteiger partial charge in [-0.25, -0.2) is 8.42 Å². The van der Waals surface area contributed by atoms with Crippen LogP contribution >= 0.6 is 0 Å².